The third-order valence-electron chi connectivity index (χ3n) is 2.25. The van der Waals surface area contributed by atoms with Crippen LogP contribution in [0, 0.1) is 0 Å². The molecule has 0 bridgehead atoms. The van der Waals surface area contributed by atoms with Crippen LogP contribution in [0.25, 0.3) is 0 Å². The van der Waals surface area contributed by atoms with Crippen molar-refractivity contribution < 1.29 is 23.8 Å². The third kappa shape index (κ3) is 3.06. The zero-order valence-electron chi connectivity index (χ0n) is 9.16. The van der Waals surface area contributed by atoms with Gasteiger partial charge in [0.2, 0.25) is 0 Å². The molecule has 6 heteroatoms. The Morgan fingerprint density at radius 3 is 2.38 bits per heavy atom. The largest absolute Gasteiger partial charge is 0.508 e. The molecular formula is C10H15O5P. The number of benzene rings is 1. The predicted octanol–water partition coefficient (Wildman–Crippen LogP) is 1.91. The van der Waals surface area contributed by atoms with Crippen LogP contribution in [0.4, 0.5) is 0 Å². The Morgan fingerprint density at radius 1 is 1.31 bits per heavy atom. The maximum absolute atomic E-state index is 11.8. The second-order valence-electron chi connectivity index (χ2n) is 3.23. The number of phenols is 1. The van der Waals surface area contributed by atoms with Crippen molar-refractivity contribution in [1.82, 2.24) is 0 Å². The normalized spacial score (nSPS) is 13.7. The van der Waals surface area contributed by atoms with Crippen LogP contribution >= 0.6 is 7.60 Å². The van der Waals surface area contributed by atoms with Crippen LogP contribution in [0.5, 0.6) is 5.75 Å². The lowest BCUT2D eigenvalue weighted by Gasteiger charge is -2.18. The topological polar surface area (TPSA) is 76.0 Å². The highest BCUT2D eigenvalue weighted by Crippen LogP contribution is 2.49. The van der Waals surface area contributed by atoms with Gasteiger partial charge in [0, 0.05) is 19.8 Å². The molecule has 0 aromatic heterocycles. The third-order valence-corrected chi connectivity index (χ3v) is 4.15. The minimum absolute atomic E-state index is 0.0474. The fourth-order valence-electron chi connectivity index (χ4n) is 1.30. The number of aliphatic hydroxyl groups is 1. The standard InChI is InChI=1S/C10H15O5P/c1-14-16(13,15-2)7-10(12)8-5-3-4-6-9(8)11/h3-6,10-12H,7H2,1-2H3/t10-/m1/s1. The molecule has 0 radical (unpaired) electrons. The molecule has 0 fully saturated rings. The minimum atomic E-state index is -3.28. The summed E-state index contributed by atoms with van der Waals surface area (Å²) in [5.74, 6) is -0.0474. The van der Waals surface area contributed by atoms with E-state index in [0.717, 1.165) is 0 Å². The molecule has 1 aromatic rings. The van der Waals surface area contributed by atoms with Crippen molar-refractivity contribution >= 4 is 7.60 Å². The summed E-state index contributed by atoms with van der Waals surface area (Å²) in [5, 5.41) is 19.3. The molecule has 0 amide bonds. The number of hydrogen-bond acceptors (Lipinski definition) is 5. The van der Waals surface area contributed by atoms with Crippen LogP contribution in [-0.2, 0) is 13.6 Å². The van der Waals surface area contributed by atoms with Gasteiger partial charge in [0.1, 0.15) is 5.75 Å². The van der Waals surface area contributed by atoms with Gasteiger partial charge in [-0.15, -0.1) is 0 Å². The van der Waals surface area contributed by atoms with E-state index >= 15 is 0 Å². The van der Waals surface area contributed by atoms with Gasteiger partial charge in [0.25, 0.3) is 0 Å². The molecule has 0 saturated carbocycles. The molecule has 0 aliphatic heterocycles. The van der Waals surface area contributed by atoms with E-state index in [0.29, 0.717) is 5.56 Å². The van der Waals surface area contributed by atoms with Gasteiger partial charge in [-0.2, -0.15) is 0 Å². The van der Waals surface area contributed by atoms with Gasteiger partial charge in [-0.25, -0.2) is 0 Å². The molecule has 0 aliphatic carbocycles. The van der Waals surface area contributed by atoms with Crippen molar-refractivity contribution in [1.29, 1.82) is 0 Å². The summed E-state index contributed by atoms with van der Waals surface area (Å²) >= 11 is 0. The molecule has 0 saturated heterocycles. The van der Waals surface area contributed by atoms with Crippen LogP contribution in [0.1, 0.15) is 11.7 Å². The summed E-state index contributed by atoms with van der Waals surface area (Å²) in [6.07, 6.45) is -1.29. The van der Waals surface area contributed by atoms with Gasteiger partial charge in [-0.1, -0.05) is 18.2 Å². The molecular weight excluding hydrogens is 231 g/mol. The first-order chi connectivity index (χ1) is 7.52. The number of aromatic hydroxyl groups is 1. The summed E-state index contributed by atoms with van der Waals surface area (Å²) in [7, 11) is -0.780. The summed E-state index contributed by atoms with van der Waals surface area (Å²) in [4.78, 5) is 0. The van der Waals surface area contributed by atoms with E-state index in [9.17, 15) is 14.8 Å². The van der Waals surface area contributed by atoms with Gasteiger partial charge in [0.05, 0.1) is 12.3 Å². The van der Waals surface area contributed by atoms with Crippen molar-refractivity contribution in [3.8, 4) is 5.75 Å². The van der Waals surface area contributed by atoms with Crippen LogP contribution in [0.15, 0.2) is 24.3 Å². The van der Waals surface area contributed by atoms with E-state index in [-0.39, 0.29) is 11.9 Å². The summed E-state index contributed by atoms with van der Waals surface area (Å²) in [6, 6.07) is 6.30. The van der Waals surface area contributed by atoms with Gasteiger partial charge in [0.15, 0.2) is 0 Å². The van der Waals surface area contributed by atoms with Gasteiger partial charge in [-0.3, -0.25) is 4.57 Å². The Hall–Kier alpha value is -0.870. The Labute approximate surface area is 94.2 Å². The van der Waals surface area contributed by atoms with Crippen molar-refractivity contribution in [2.75, 3.05) is 20.4 Å². The quantitative estimate of drug-likeness (QED) is 0.776. The Morgan fingerprint density at radius 2 is 1.88 bits per heavy atom. The summed E-state index contributed by atoms with van der Waals surface area (Å²) < 4.78 is 21.2. The number of aliphatic hydroxyl groups excluding tert-OH is 1. The van der Waals surface area contributed by atoms with E-state index < -0.39 is 13.7 Å². The Balaban J connectivity index is 2.84. The predicted molar refractivity (Wildman–Crippen MR) is 59.6 cm³/mol. The molecule has 0 spiro atoms. The fourth-order valence-corrected chi connectivity index (χ4v) is 2.37. The maximum Gasteiger partial charge on any atom is 0.333 e. The fraction of sp³-hybridized carbons (Fsp3) is 0.400. The summed E-state index contributed by atoms with van der Waals surface area (Å²) in [6.45, 7) is 0. The zero-order valence-corrected chi connectivity index (χ0v) is 10.1. The number of hydrogen-bond donors (Lipinski definition) is 2. The maximum atomic E-state index is 11.8. The molecule has 0 unspecified atom stereocenters. The zero-order chi connectivity index (χ0) is 12.2. The highest BCUT2D eigenvalue weighted by Gasteiger charge is 2.27. The van der Waals surface area contributed by atoms with Gasteiger partial charge < -0.3 is 19.3 Å². The van der Waals surface area contributed by atoms with Crippen LogP contribution in [0.3, 0.4) is 0 Å². The molecule has 1 aromatic carbocycles. The molecule has 1 rings (SSSR count). The smallest absolute Gasteiger partial charge is 0.333 e. The number of rotatable bonds is 5. The van der Waals surface area contributed by atoms with Crippen LogP contribution < -0.4 is 0 Å². The van der Waals surface area contributed by atoms with Gasteiger partial charge in [-0.05, 0) is 6.07 Å². The summed E-state index contributed by atoms with van der Waals surface area (Å²) in [5.41, 5.74) is 0.303. The number of phenolic OH excluding ortho intramolecular Hbond substituents is 1. The highest BCUT2D eigenvalue weighted by atomic mass is 31.2. The lowest BCUT2D eigenvalue weighted by molar-refractivity contribution is 0.180. The second-order valence-corrected chi connectivity index (χ2v) is 5.55. The van der Waals surface area contributed by atoms with E-state index in [1.165, 1.54) is 20.3 Å². The van der Waals surface area contributed by atoms with E-state index in [1.807, 2.05) is 0 Å². The molecule has 2 N–H and O–H groups in total. The average Bonchev–Trinajstić information content (AvgIpc) is 2.29. The first kappa shape index (κ1) is 13.2. The molecule has 90 valence electrons. The number of para-hydroxylation sites is 1. The van der Waals surface area contributed by atoms with Crippen molar-refractivity contribution in [3.05, 3.63) is 29.8 Å². The molecule has 0 heterocycles. The van der Waals surface area contributed by atoms with Crippen molar-refractivity contribution in [2.24, 2.45) is 0 Å². The first-order valence-electron chi connectivity index (χ1n) is 4.69. The Kier molecular flexibility index (Phi) is 4.50. The van der Waals surface area contributed by atoms with Crippen LogP contribution in [0.2, 0.25) is 0 Å². The van der Waals surface area contributed by atoms with Gasteiger partial charge >= 0.3 is 7.60 Å². The van der Waals surface area contributed by atoms with Crippen molar-refractivity contribution in [3.63, 3.8) is 0 Å². The Bertz CT molecular complexity index is 385. The lowest BCUT2D eigenvalue weighted by Crippen LogP contribution is -2.06. The molecule has 16 heavy (non-hydrogen) atoms. The SMILES string of the molecule is COP(=O)(C[C@@H](O)c1ccccc1O)OC. The first-order valence-corrected chi connectivity index (χ1v) is 6.41. The van der Waals surface area contributed by atoms with Crippen LogP contribution in [-0.4, -0.2) is 30.6 Å². The lowest BCUT2D eigenvalue weighted by atomic mass is 10.1. The molecule has 0 aliphatic rings. The second kappa shape index (κ2) is 5.46. The monoisotopic (exact) mass is 246 g/mol. The minimum Gasteiger partial charge on any atom is -0.508 e. The van der Waals surface area contributed by atoms with Crippen molar-refractivity contribution in [2.45, 2.75) is 6.10 Å². The molecule has 1 atom stereocenters. The molecule has 5 nitrogen and oxygen atoms in total. The average molecular weight is 246 g/mol. The van der Waals surface area contributed by atoms with E-state index in [2.05, 4.69) is 0 Å². The highest BCUT2D eigenvalue weighted by molar-refractivity contribution is 7.53. The van der Waals surface area contributed by atoms with E-state index in [4.69, 9.17) is 9.05 Å². The van der Waals surface area contributed by atoms with E-state index in [1.54, 1.807) is 18.2 Å².